The molecule has 0 heterocycles. The van der Waals surface area contributed by atoms with Gasteiger partial charge in [0.1, 0.15) is 18.5 Å². The van der Waals surface area contributed by atoms with Crippen LogP contribution in [0.4, 0.5) is 0 Å². The van der Waals surface area contributed by atoms with Gasteiger partial charge in [0.25, 0.3) is 0 Å². The topological polar surface area (TPSA) is 54.0 Å². The Bertz CT molecular complexity index is 892. The summed E-state index contributed by atoms with van der Waals surface area (Å²) in [6.07, 6.45) is -0.592. The van der Waals surface area contributed by atoms with Gasteiger partial charge in [-0.05, 0) is 35.4 Å². The Morgan fingerprint density at radius 2 is 1.58 bits per heavy atom. The number of methoxy groups -OCH3 is 1. The minimum atomic E-state index is -0.592. The molecule has 0 aliphatic heterocycles. The Morgan fingerprint density at radius 3 is 2.09 bits per heavy atom. The lowest BCUT2D eigenvalue weighted by molar-refractivity contribution is -0.146. The van der Waals surface area contributed by atoms with E-state index < -0.39 is 12.1 Å². The zero-order valence-corrected chi connectivity index (χ0v) is 21.9. The molecule has 0 aliphatic carbocycles. The molecule has 0 saturated heterocycles. The normalized spacial score (nSPS) is 13.3. The van der Waals surface area contributed by atoms with Crippen molar-refractivity contribution < 1.29 is 23.7 Å². The summed E-state index contributed by atoms with van der Waals surface area (Å²) in [5.41, 5.74) is 1.64. The summed E-state index contributed by atoms with van der Waals surface area (Å²) in [5, 5.41) is 0.739. The van der Waals surface area contributed by atoms with E-state index in [9.17, 15) is 4.79 Å². The van der Waals surface area contributed by atoms with Crippen molar-refractivity contribution in [2.75, 3.05) is 32.8 Å². The molecule has 0 N–H and O–H groups in total. The number of esters is 1. The molecule has 0 amide bonds. The number of hydrogen-bond acceptors (Lipinski definition) is 5. The summed E-state index contributed by atoms with van der Waals surface area (Å²) in [7, 11) is 1.68. The van der Waals surface area contributed by atoms with Crippen LogP contribution in [0.3, 0.4) is 0 Å². The zero-order valence-electron chi connectivity index (χ0n) is 19.6. The SMILES string of the molecule is COC[C@H](C)COc1ccc(C(C)(C)c2cc(Cl)c(OC[C@H](CCl)OC(C)=O)c(Cl)c2)cc1. The van der Waals surface area contributed by atoms with Crippen LogP contribution in [0.1, 0.15) is 38.8 Å². The van der Waals surface area contributed by atoms with Crippen LogP contribution in [0.2, 0.25) is 10.0 Å². The van der Waals surface area contributed by atoms with Crippen LogP contribution in [0.25, 0.3) is 0 Å². The molecule has 0 fully saturated rings. The van der Waals surface area contributed by atoms with E-state index in [1.54, 1.807) is 7.11 Å². The Labute approximate surface area is 211 Å². The number of carbonyl (C=O) groups excluding carboxylic acids is 1. The smallest absolute Gasteiger partial charge is 0.303 e. The summed E-state index contributed by atoms with van der Waals surface area (Å²) in [5.74, 6) is 1.11. The number of benzene rings is 2. The number of halogens is 3. The number of ether oxygens (including phenoxy) is 4. The van der Waals surface area contributed by atoms with Crippen molar-refractivity contribution in [3.8, 4) is 11.5 Å². The largest absolute Gasteiger partial charge is 0.493 e. The minimum absolute atomic E-state index is 0.0513. The fourth-order valence-electron chi connectivity index (χ4n) is 3.29. The van der Waals surface area contributed by atoms with E-state index in [-0.39, 0.29) is 17.9 Å². The highest BCUT2D eigenvalue weighted by Crippen LogP contribution is 2.40. The lowest BCUT2D eigenvalue weighted by Crippen LogP contribution is -2.26. The van der Waals surface area contributed by atoms with E-state index >= 15 is 0 Å². The molecule has 2 aromatic rings. The van der Waals surface area contributed by atoms with Crippen molar-refractivity contribution in [3.05, 3.63) is 57.6 Å². The van der Waals surface area contributed by atoms with Gasteiger partial charge in [-0.25, -0.2) is 0 Å². The van der Waals surface area contributed by atoms with Crippen molar-refractivity contribution in [3.63, 3.8) is 0 Å². The Balaban J connectivity index is 2.14. The van der Waals surface area contributed by atoms with Gasteiger partial charge >= 0.3 is 5.97 Å². The Hall–Kier alpha value is -1.66. The van der Waals surface area contributed by atoms with Crippen LogP contribution >= 0.6 is 34.8 Å². The first-order chi connectivity index (χ1) is 15.6. The van der Waals surface area contributed by atoms with E-state index in [2.05, 4.69) is 20.8 Å². The molecular weight excluding hydrogens is 487 g/mol. The Morgan fingerprint density at radius 1 is 0.970 bits per heavy atom. The maximum atomic E-state index is 11.2. The second-order valence-electron chi connectivity index (χ2n) is 8.49. The first-order valence-corrected chi connectivity index (χ1v) is 11.9. The van der Waals surface area contributed by atoms with Crippen molar-refractivity contribution >= 4 is 40.8 Å². The van der Waals surface area contributed by atoms with Gasteiger partial charge in [-0.2, -0.15) is 0 Å². The maximum Gasteiger partial charge on any atom is 0.303 e. The average Bonchev–Trinajstić information content (AvgIpc) is 2.76. The fraction of sp³-hybridized carbons (Fsp3) is 0.480. The van der Waals surface area contributed by atoms with Gasteiger partial charge in [-0.1, -0.05) is 56.1 Å². The summed E-state index contributed by atoms with van der Waals surface area (Å²) >= 11 is 18.8. The highest BCUT2D eigenvalue weighted by atomic mass is 35.5. The van der Waals surface area contributed by atoms with Crippen LogP contribution in [0.5, 0.6) is 11.5 Å². The first kappa shape index (κ1) is 27.6. The molecule has 0 spiro atoms. The molecule has 33 heavy (non-hydrogen) atoms. The molecule has 0 unspecified atom stereocenters. The Kier molecular flexibility index (Phi) is 10.6. The summed E-state index contributed by atoms with van der Waals surface area (Å²) in [6, 6.07) is 11.7. The molecule has 182 valence electrons. The zero-order chi connectivity index (χ0) is 24.6. The molecule has 2 rings (SSSR count). The molecule has 0 radical (unpaired) electrons. The molecule has 5 nitrogen and oxygen atoms in total. The van der Waals surface area contributed by atoms with Crippen LogP contribution < -0.4 is 9.47 Å². The van der Waals surface area contributed by atoms with Crippen molar-refractivity contribution in [1.82, 2.24) is 0 Å². The molecule has 0 aromatic heterocycles. The highest BCUT2D eigenvalue weighted by Gasteiger charge is 2.26. The summed E-state index contributed by atoms with van der Waals surface area (Å²) in [4.78, 5) is 11.2. The molecule has 0 aliphatic rings. The maximum absolute atomic E-state index is 11.2. The van der Waals surface area contributed by atoms with Gasteiger partial charge in [-0.15, -0.1) is 11.6 Å². The van der Waals surface area contributed by atoms with Crippen LogP contribution in [-0.4, -0.2) is 44.9 Å². The average molecular weight is 518 g/mol. The van der Waals surface area contributed by atoms with Gasteiger partial charge in [0, 0.05) is 25.4 Å². The number of carbonyl (C=O) groups is 1. The van der Waals surface area contributed by atoms with E-state index in [1.807, 2.05) is 36.4 Å². The molecule has 0 bridgehead atoms. The highest BCUT2D eigenvalue weighted by molar-refractivity contribution is 6.37. The fourth-order valence-corrected chi connectivity index (χ4v) is 4.03. The van der Waals surface area contributed by atoms with Crippen LogP contribution in [0, 0.1) is 5.92 Å². The van der Waals surface area contributed by atoms with E-state index in [0.717, 1.165) is 16.9 Å². The van der Waals surface area contributed by atoms with Gasteiger partial charge < -0.3 is 18.9 Å². The van der Waals surface area contributed by atoms with Gasteiger partial charge in [0.05, 0.1) is 29.1 Å². The predicted molar refractivity (Wildman–Crippen MR) is 133 cm³/mol. The van der Waals surface area contributed by atoms with Crippen molar-refractivity contribution in [2.45, 2.75) is 39.2 Å². The number of hydrogen-bond donors (Lipinski definition) is 0. The minimum Gasteiger partial charge on any atom is -0.493 e. The standard InChI is InChI=1S/C25H31Cl3O5/c1-16(13-30-5)14-31-20-8-6-18(7-9-20)25(3,4)19-10-22(27)24(23(28)11-19)32-15-21(12-26)33-17(2)29/h6-11,16,21H,12-15H2,1-5H3/t16-,21-/m0/s1. The van der Waals surface area contributed by atoms with E-state index in [0.29, 0.717) is 34.9 Å². The number of alkyl halides is 1. The lowest BCUT2D eigenvalue weighted by Gasteiger charge is -2.27. The van der Waals surface area contributed by atoms with Crippen molar-refractivity contribution in [1.29, 1.82) is 0 Å². The number of rotatable bonds is 12. The van der Waals surface area contributed by atoms with Gasteiger partial charge in [-0.3, -0.25) is 4.79 Å². The third-order valence-electron chi connectivity index (χ3n) is 5.20. The van der Waals surface area contributed by atoms with Crippen LogP contribution in [-0.2, 0) is 19.7 Å². The molecule has 8 heteroatoms. The molecule has 0 saturated carbocycles. The predicted octanol–water partition coefficient (Wildman–Crippen LogP) is 6.53. The van der Waals surface area contributed by atoms with E-state index in [4.69, 9.17) is 53.8 Å². The molecular formula is C25H31Cl3O5. The second kappa shape index (κ2) is 12.7. The third kappa shape index (κ3) is 7.96. The molecule has 2 atom stereocenters. The second-order valence-corrected chi connectivity index (χ2v) is 9.61. The first-order valence-electron chi connectivity index (χ1n) is 10.7. The quantitative estimate of drug-likeness (QED) is 0.237. The van der Waals surface area contributed by atoms with Crippen molar-refractivity contribution in [2.24, 2.45) is 5.92 Å². The third-order valence-corrected chi connectivity index (χ3v) is 6.11. The lowest BCUT2D eigenvalue weighted by atomic mass is 9.78. The van der Waals surface area contributed by atoms with Gasteiger partial charge in [0.15, 0.2) is 5.75 Å². The summed E-state index contributed by atoms with van der Waals surface area (Å²) < 4.78 is 21.8. The molecule has 2 aromatic carbocycles. The van der Waals surface area contributed by atoms with Gasteiger partial charge in [0.2, 0.25) is 0 Å². The summed E-state index contributed by atoms with van der Waals surface area (Å²) in [6.45, 7) is 8.88. The monoisotopic (exact) mass is 516 g/mol. The van der Waals surface area contributed by atoms with Crippen LogP contribution in [0.15, 0.2) is 36.4 Å². The van der Waals surface area contributed by atoms with E-state index in [1.165, 1.54) is 6.92 Å².